The second-order valence-corrected chi connectivity index (χ2v) is 6.63. The molecule has 0 aliphatic rings. The Morgan fingerprint density at radius 1 is 1.43 bits per heavy atom. The lowest BCUT2D eigenvalue weighted by Crippen LogP contribution is -2.38. The van der Waals surface area contributed by atoms with Crippen molar-refractivity contribution in [2.45, 2.75) is 52.7 Å². The lowest BCUT2D eigenvalue weighted by molar-refractivity contribution is 0.0180. The molecule has 0 radical (unpaired) electrons. The smallest absolute Gasteiger partial charge is 0.431 e. The number of ether oxygens (including phenoxy) is 2. The Labute approximate surface area is 143 Å². The minimum Gasteiger partial charge on any atom is -0.495 e. The van der Waals surface area contributed by atoms with Crippen molar-refractivity contribution >= 4 is 23.9 Å². The molecule has 1 rings (SSSR count). The molecule has 0 spiro atoms. The van der Waals surface area contributed by atoms with Gasteiger partial charge in [-0.2, -0.15) is 10.1 Å². The van der Waals surface area contributed by atoms with Crippen LogP contribution in [0.3, 0.4) is 0 Å². The number of carbonyl (C=O) groups excluding carboxylic acids is 1. The molecule has 128 valence electrons. The number of hydrogen-bond acceptors (Lipinski definition) is 4. The first-order valence-corrected chi connectivity index (χ1v) is 7.95. The molecule has 0 aliphatic heterocycles. The Hall–Kier alpha value is -1.75. The molecule has 23 heavy (non-hydrogen) atoms. The van der Waals surface area contributed by atoms with Crippen LogP contribution in [0.2, 0.25) is 5.02 Å². The summed E-state index contributed by atoms with van der Waals surface area (Å²) in [5.74, 6) is 0.558. The van der Waals surface area contributed by atoms with Gasteiger partial charge in [-0.1, -0.05) is 24.6 Å². The van der Waals surface area contributed by atoms with Gasteiger partial charge in [0, 0.05) is 0 Å². The maximum atomic E-state index is 12.3. The fourth-order valence-electron chi connectivity index (χ4n) is 1.71. The van der Waals surface area contributed by atoms with E-state index in [9.17, 15) is 4.79 Å². The number of hydrogen-bond donors (Lipinski definition) is 0. The van der Waals surface area contributed by atoms with E-state index in [4.69, 9.17) is 21.1 Å². The van der Waals surface area contributed by atoms with Crippen molar-refractivity contribution in [3.63, 3.8) is 0 Å². The lowest BCUT2D eigenvalue weighted by Gasteiger charge is -2.27. The third-order valence-electron chi connectivity index (χ3n) is 3.10. The SMILES string of the molecule is CCC(C)N(/N=C/c1ccc(Cl)c(OC)c1)C(=O)OC(C)(C)C. The van der Waals surface area contributed by atoms with Crippen molar-refractivity contribution in [1.82, 2.24) is 5.01 Å². The predicted molar refractivity (Wildman–Crippen MR) is 93.4 cm³/mol. The Morgan fingerprint density at radius 2 is 2.09 bits per heavy atom. The molecule has 0 aliphatic carbocycles. The maximum absolute atomic E-state index is 12.3. The standard InChI is InChI=1S/C17H25ClN2O3/c1-7-12(2)20(16(21)23-17(3,4)5)19-11-13-8-9-14(18)15(10-13)22-6/h8-12H,7H2,1-6H3/b19-11+. The molecule has 0 saturated heterocycles. The summed E-state index contributed by atoms with van der Waals surface area (Å²) in [6, 6.07) is 5.21. The molecule has 1 unspecified atom stereocenters. The van der Waals surface area contributed by atoms with Crippen LogP contribution in [-0.2, 0) is 4.74 Å². The zero-order valence-electron chi connectivity index (χ0n) is 14.6. The molecule has 0 fully saturated rings. The van der Waals surface area contributed by atoms with E-state index in [1.54, 1.807) is 31.5 Å². The van der Waals surface area contributed by atoms with Crippen LogP contribution in [0, 0.1) is 0 Å². The first-order valence-electron chi connectivity index (χ1n) is 7.57. The Bertz CT molecular complexity index is 567. The first-order chi connectivity index (χ1) is 10.7. The van der Waals surface area contributed by atoms with Gasteiger partial charge in [0.05, 0.1) is 24.4 Å². The van der Waals surface area contributed by atoms with Crippen LogP contribution in [0.15, 0.2) is 23.3 Å². The highest BCUT2D eigenvalue weighted by Crippen LogP contribution is 2.24. The summed E-state index contributed by atoms with van der Waals surface area (Å²) >= 11 is 6.00. The number of rotatable bonds is 5. The van der Waals surface area contributed by atoms with Crippen LogP contribution in [0.5, 0.6) is 5.75 Å². The number of benzene rings is 1. The summed E-state index contributed by atoms with van der Waals surface area (Å²) in [4.78, 5) is 12.3. The quantitative estimate of drug-likeness (QED) is 0.575. The molecule has 1 atom stereocenters. The number of halogens is 1. The highest BCUT2D eigenvalue weighted by Gasteiger charge is 2.24. The number of amides is 1. The van der Waals surface area contributed by atoms with Crippen LogP contribution in [0.25, 0.3) is 0 Å². The van der Waals surface area contributed by atoms with E-state index in [-0.39, 0.29) is 6.04 Å². The zero-order valence-corrected chi connectivity index (χ0v) is 15.3. The van der Waals surface area contributed by atoms with E-state index in [2.05, 4.69) is 5.10 Å². The summed E-state index contributed by atoms with van der Waals surface area (Å²) in [7, 11) is 1.55. The van der Waals surface area contributed by atoms with Gasteiger partial charge < -0.3 is 9.47 Å². The average molecular weight is 341 g/mol. The van der Waals surface area contributed by atoms with Gasteiger partial charge in [0.25, 0.3) is 0 Å². The highest BCUT2D eigenvalue weighted by molar-refractivity contribution is 6.32. The second-order valence-electron chi connectivity index (χ2n) is 6.22. The van der Waals surface area contributed by atoms with E-state index in [0.717, 1.165) is 12.0 Å². The number of methoxy groups -OCH3 is 1. The van der Waals surface area contributed by atoms with Crippen molar-refractivity contribution in [2.24, 2.45) is 5.10 Å². The first kappa shape index (κ1) is 19.3. The molecule has 0 N–H and O–H groups in total. The van der Waals surface area contributed by atoms with Gasteiger partial charge in [-0.3, -0.25) is 0 Å². The average Bonchev–Trinajstić information content (AvgIpc) is 2.46. The third-order valence-corrected chi connectivity index (χ3v) is 3.41. The van der Waals surface area contributed by atoms with Crippen LogP contribution in [-0.4, -0.2) is 36.1 Å². The summed E-state index contributed by atoms with van der Waals surface area (Å²) < 4.78 is 10.6. The van der Waals surface area contributed by atoms with Crippen molar-refractivity contribution in [3.8, 4) is 5.75 Å². The summed E-state index contributed by atoms with van der Waals surface area (Å²) in [6.07, 6.45) is 1.89. The van der Waals surface area contributed by atoms with Crippen LogP contribution in [0.1, 0.15) is 46.6 Å². The minimum atomic E-state index is -0.568. The molecule has 6 heteroatoms. The fourth-order valence-corrected chi connectivity index (χ4v) is 1.90. The van der Waals surface area contributed by atoms with Gasteiger partial charge in [-0.25, -0.2) is 4.79 Å². The van der Waals surface area contributed by atoms with Gasteiger partial charge in [0.15, 0.2) is 0 Å². The topological polar surface area (TPSA) is 51.1 Å². The predicted octanol–water partition coefficient (Wildman–Crippen LogP) is 4.72. The highest BCUT2D eigenvalue weighted by atomic mass is 35.5. The van der Waals surface area contributed by atoms with Gasteiger partial charge in [0.2, 0.25) is 0 Å². The number of hydrazone groups is 1. The molecule has 0 bridgehead atoms. The normalized spacial score (nSPS) is 13.0. The maximum Gasteiger partial charge on any atom is 0.431 e. The number of carbonyl (C=O) groups is 1. The summed E-state index contributed by atoms with van der Waals surface area (Å²) in [5.41, 5.74) is 0.213. The van der Waals surface area contributed by atoms with Gasteiger partial charge in [-0.05, 0) is 51.8 Å². The molecule has 1 amide bonds. The monoisotopic (exact) mass is 340 g/mol. The van der Waals surface area contributed by atoms with Crippen LogP contribution in [0.4, 0.5) is 4.79 Å². The van der Waals surface area contributed by atoms with Crippen molar-refractivity contribution in [1.29, 1.82) is 0 Å². The van der Waals surface area contributed by atoms with E-state index in [0.29, 0.717) is 10.8 Å². The molecule has 5 nitrogen and oxygen atoms in total. The molecule has 1 aromatic rings. The molecule has 1 aromatic carbocycles. The van der Waals surface area contributed by atoms with Gasteiger partial charge in [0.1, 0.15) is 11.4 Å². The third kappa shape index (κ3) is 6.10. The van der Waals surface area contributed by atoms with E-state index in [1.165, 1.54) is 5.01 Å². The summed E-state index contributed by atoms with van der Waals surface area (Å²) in [5, 5.41) is 6.17. The molecular weight excluding hydrogens is 316 g/mol. The molecular formula is C17H25ClN2O3. The van der Waals surface area contributed by atoms with Gasteiger partial charge >= 0.3 is 6.09 Å². The lowest BCUT2D eigenvalue weighted by atomic mass is 10.2. The Balaban J connectivity index is 2.99. The van der Waals surface area contributed by atoms with Crippen molar-refractivity contribution in [2.75, 3.05) is 7.11 Å². The number of nitrogens with zero attached hydrogens (tertiary/aromatic N) is 2. The van der Waals surface area contributed by atoms with E-state index >= 15 is 0 Å². The van der Waals surface area contributed by atoms with Crippen molar-refractivity contribution in [3.05, 3.63) is 28.8 Å². The van der Waals surface area contributed by atoms with E-state index < -0.39 is 11.7 Å². The van der Waals surface area contributed by atoms with Gasteiger partial charge in [-0.15, -0.1) is 0 Å². The molecule has 0 heterocycles. The minimum absolute atomic E-state index is 0.0738. The molecule has 0 saturated carbocycles. The van der Waals surface area contributed by atoms with Crippen LogP contribution >= 0.6 is 11.6 Å². The second kappa shape index (κ2) is 8.20. The largest absolute Gasteiger partial charge is 0.495 e. The van der Waals surface area contributed by atoms with Crippen LogP contribution < -0.4 is 4.74 Å². The molecule has 0 aromatic heterocycles. The van der Waals surface area contributed by atoms with E-state index in [1.807, 2.05) is 34.6 Å². The zero-order chi connectivity index (χ0) is 17.6. The summed E-state index contributed by atoms with van der Waals surface area (Å²) in [6.45, 7) is 9.39. The Morgan fingerprint density at radius 3 is 2.61 bits per heavy atom. The Kier molecular flexibility index (Phi) is 6.88. The fraction of sp³-hybridized carbons (Fsp3) is 0.529. The van der Waals surface area contributed by atoms with Crippen molar-refractivity contribution < 1.29 is 14.3 Å².